The van der Waals surface area contributed by atoms with Gasteiger partial charge in [0.2, 0.25) is 5.91 Å². The Morgan fingerprint density at radius 1 is 1.00 bits per heavy atom. The fourth-order valence-corrected chi connectivity index (χ4v) is 5.70. The molecular weight excluding hydrogens is 516 g/mol. The number of pyridine rings is 1. The van der Waals surface area contributed by atoms with E-state index in [1.54, 1.807) is 25.1 Å². The molecule has 0 aliphatic heterocycles. The molecule has 2 N–H and O–H groups in total. The minimum Gasteiger partial charge on any atom is -0.495 e. The molecule has 7 nitrogen and oxygen atoms in total. The first-order valence-electron chi connectivity index (χ1n) is 11.8. The number of carbonyl (C=O) groups excluding carboxylic acids is 2. The van der Waals surface area contributed by atoms with E-state index in [1.807, 2.05) is 56.3 Å². The molecule has 0 fully saturated rings. The summed E-state index contributed by atoms with van der Waals surface area (Å²) in [6.07, 6.45) is 0. The van der Waals surface area contributed by atoms with Gasteiger partial charge < -0.3 is 15.4 Å². The van der Waals surface area contributed by atoms with Gasteiger partial charge in [0.25, 0.3) is 5.91 Å². The van der Waals surface area contributed by atoms with Gasteiger partial charge in [0.1, 0.15) is 16.8 Å². The zero-order valence-electron chi connectivity index (χ0n) is 21.4. The van der Waals surface area contributed by atoms with E-state index < -0.39 is 5.91 Å². The number of thioether (sulfide) groups is 1. The maximum absolute atomic E-state index is 13.6. The number of amides is 2. The van der Waals surface area contributed by atoms with Crippen LogP contribution in [-0.4, -0.2) is 29.7 Å². The molecule has 0 saturated carbocycles. The van der Waals surface area contributed by atoms with Crippen molar-refractivity contribution in [2.45, 2.75) is 25.8 Å². The molecule has 2 amide bonds. The third-order valence-electron chi connectivity index (χ3n) is 5.78. The van der Waals surface area contributed by atoms with E-state index in [1.165, 1.54) is 30.2 Å². The van der Waals surface area contributed by atoms with Gasteiger partial charge in [-0.2, -0.15) is 5.26 Å². The summed E-state index contributed by atoms with van der Waals surface area (Å²) >= 11 is 2.66. The van der Waals surface area contributed by atoms with Gasteiger partial charge in [0, 0.05) is 21.0 Å². The number of nitriles is 1. The molecule has 38 heavy (non-hydrogen) atoms. The number of para-hydroxylation sites is 3. The standard InChI is InChI=1S/C29H26N4O3S2/c1-17-9-5-6-10-21(17)32-25(34)16-37-29-20(15-30)27(24-14-13-18(2)38-24)26(19(3)31-29)28(35)33-22-11-7-8-12-23(22)36-4/h5-14H,16H2,1-4H3,(H,32,34)(H,33,35). The Balaban J connectivity index is 1.71. The van der Waals surface area contributed by atoms with Crippen LogP contribution in [0.1, 0.15) is 32.1 Å². The van der Waals surface area contributed by atoms with Crippen LogP contribution in [0.4, 0.5) is 11.4 Å². The molecule has 0 saturated heterocycles. The molecule has 2 heterocycles. The number of rotatable bonds is 8. The highest BCUT2D eigenvalue weighted by atomic mass is 32.2. The minimum absolute atomic E-state index is 0.0606. The lowest BCUT2D eigenvalue weighted by Gasteiger charge is -2.17. The molecule has 2 aromatic heterocycles. The van der Waals surface area contributed by atoms with Crippen molar-refractivity contribution in [3.05, 3.63) is 87.9 Å². The van der Waals surface area contributed by atoms with Gasteiger partial charge in [-0.25, -0.2) is 4.98 Å². The first-order chi connectivity index (χ1) is 18.3. The Hall–Kier alpha value is -4.13. The number of ether oxygens (including phenoxy) is 1. The number of methoxy groups -OCH3 is 1. The number of carbonyl (C=O) groups is 2. The van der Waals surface area contributed by atoms with Crippen LogP contribution in [0.2, 0.25) is 0 Å². The molecule has 0 aliphatic rings. The molecule has 0 spiro atoms. The molecule has 0 unspecified atom stereocenters. The van der Waals surface area contributed by atoms with Crippen molar-refractivity contribution < 1.29 is 14.3 Å². The Kier molecular flexibility index (Phi) is 8.46. The molecule has 4 aromatic rings. The molecular formula is C29H26N4O3S2. The predicted octanol–water partition coefficient (Wildman–Crippen LogP) is 6.60. The smallest absolute Gasteiger partial charge is 0.258 e. The number of anilines is 2. The number of hydrogen-bond acceptors (Lipinski definition) is 7. The Bertz CT molecular complexity index is 1560. The fourth-order valence-electron chi connectivity index (χ4n) is 3.94. The number of nitrogens with one attached hydrogen (secondary N) is 2. The maximum atomic E-state index is 13.6. The molecule has 0 aliphatic carbocycles. The summed E-state index contributed by atoms with van der Waals surface area (Å²) in [7, 11) is 1.53. The lowest BCUT2D eigenvalue weighted by Crippen LogP contribution is -2.18. The Morgan fingerprint density at radius 3 is 2.37 bits per heavy atom. The van der Waals surface area contributed by atoms with Crippen LogP contribution < -0.4 is 15.4 Å². The summed E-state index contributed by atoms with van der Waals surface area (Å²) < 4.78 is 5.38. The molecule has 0 atom stereocenters. The van der Waals surface area contributed by atoms with Crippen molar-refractivity contribution in [3.8, 4) is 22.3 Å². The zero-order valence-corrected chi connectivity index (χ0v) is 23.0. The number of aromatic nitrogens is 1. The first kappa shape index (κ1) is 26.9. The number of thiophene rings is 1. The van der Waals surface area contributed by atoms with E-state index in [0.29, 0.717) is 33.3 Å². The summed E-state index contributed by atoms with van der Waals surface area (Å²) in [5.74, 6) is -0.0251. The van der Waals surface area contributed by atoms with E-state index >= 15 is 0 Å². The average Bonchev–Trinajstić information content (AvgIpc) is 3.34. The second-order valence-corrected chi connectivity index (χ2v) is 10.7. The SMILES string of the molecule is COc1ccccc1NC(=O)c1c(C)nc(SCC(=O)Nc2ccccc2C)c(C#N)c1-c1ccc(C)s1. The number of hydrogen-bond donors (Lipinski definition) is 2. The maximum Gasteiger partial charge on any atom is 0.258 e. The van der Waals surface area contributed by atoms with Gasteiger partial charge in [-0.1, -0.05) is 42.1 Å². The zero-order chi connectivity index (χ0) is 27.2. The molecule has 0 radical (unpaired) electrons. The van der Waals surface area contributed by atoms with Crippen LogP contribution in [0.5, 0.6) is 5.75 Å². The fraction of sp³-hybridized carbons (Fsp3) is 0.172. The highest BCUT2D eigenvalue weighted by molar-refractivity contribution is 8.00. The number of nitrogens with zero attached hydrogens (tertiary/aromatic N) is 2. The lowest BCUT2D eigenvalue weighted by atomic mass is 9.99. The van der Waals surface area contributed by atoms with E-state index in [0.717, 1.165) is 21.0 Å². The van der Waals surface area contributed by atoms with Crippen LogP contribution in [0, 0.1) is 32.1 Å². The third kappa shape index (κ3) is 5.88. The van der Waals surface area contributed by atoms with Gasteiger partial charge in [-0.3, -0.25) is 9.59 Å². The van der Waals surface area contributed by atoms with Crippen LogP contribution in [0.15, 0.2) is 65.7 Å². The van der Waals surface area contributed by atoms with E-state index in [2.05, 4.69) is 21.7 Å². The number of aryl methyl sites for hydroxylation is 3. The monoisotopic (exact) mass is 542 g/mol. The summed E-state index contributed by atoms with van der Waals surface area (Å²) in [5.41, 5.74) is 3.74. The normalized spacial score (nSPS) is 10.5. The summed E-state index contributed by atoms with van der Waals surface area (Å²) in [6, 6.07) is 20.7. The van der Waals surface area contributed by atoms with Gasteiger partial charge in [0.05, 0.1) is 35.4 Å². The predicted molar refractivity (Wildman–Crippen MR) is 153 cm³/mol. The van der Waals surface area contributed by atoms with Crippen molar-refractivity contribution in [2.24, 2.45) is 0 Å². The Labute approximate surface area is 229 Å². The summed E-state index contributed by atoms with van der Waals surface area (Å²) in [4.78, 5) is 32.7. The van der Waals surface area contributed by atoms with E-state index in [-0.39, 0.29) is 17.2 Å². The van der Waals surface area contributed by atoms with Gasteiger partial charge in [0.15, 0.2) is 0 Å². The van der Waals surface area contributed by atoms with Gasteiger partial charge in [-0.15, -0.1) is 11.3 Å². The first-order valence-corrected chi connectivity index (χ1v) is 13.6. The van der Waals surface area contributed by atoms with Gasteiger partial charge in [-0.05, 0) is 56.7 Å². The molecule has 4 rings (SSSR count). The third-order valence-corrected chi connectivity index (χ3v) is 7.78. The van der Waals surface area contributed by atoms with Crippen LogP contribution >= 0.6 is 23.1 Å². The molecule has 2 aromatic carbocycles. The summed E-state index contributed by atoms with van der Waals surface area (Å²) in [6.45, 7) is 5.62. The molecule has 9 heteroatoms. The lowest BCUT2D eigenvalue weighted by molar-refractivity contribution is -0.113. The van der Waals surface area contributed by atoms with Crippen LogP contribution in [0.25, 0.3) is 10.4 Å². The Morgan fingerprint density at radius 2 is 1.71 bits per heavy atom. The highest BCUT2D eigenvalue weighted by Crippen LogP contribution is 2.39. The second kappa shape index (κ2) is 11.9. The van der Waals surface area contributed by atoms with E-state index in [9.17, 15) is 14.9 Å². The van der Waals surface area contributed by atoms with Gasteiger partial charge >= 0.3 is 0 Å². The van der Waals surface area contributed by atoms with Crippen LogP contribution in [0.3, 0.4) is 0 Å². The average molecular weight is 543 g/mol. The van der Waals surface area contributed by atoms with Crippen molar-refractivity contribution in [1.82, 2.24) is 4.98 Å². The second-order valence-electron chi connectivity index (χ2n) is 8.46. The molecule has 192 valence electrons. The summed E-state index contributed by atoms with van der Waals surface area (Å²) in [5, 5.41) is 16.4. The van der Waals surface area contributed by atoms with Crippen molar-refractivity contribution in [3.63, 3.8) is 0 Å². The van der Waals surface area contributed by atoms with Crippen molar-refractivity contribution in [1.29, 1.82) is 5.26 Å². The van der Waals surface area contributed by atoms with Crippen molar-refractivity contribution >= 4 is 46.3 Å². The van der Waals surface area contributed by atoms with Crippen LogP contribution in [-0.2, 0) is 4.79 Å². The topological polar surface area (TPSA) is 104 Å². The van der Waals surface area contributed by atoms with E-state index in [4.69, 9.17) is 4.74 Å². The minimum atomic E-state index is -0.397. The van der Waals surface area contributed by atoms with Crippen molar-refractivity contribution in [2.75, 3.05) is 23.5 Å². The highest BCUT2D eigenvalue weighted by Gasteiger charge is 2.26. The quantitative estimate of drug-likeness (QED) is 0.243. The largest absolute Gasteiger partial charge is 0.495 e. The molecule has 0 bridgehead atoms. The number of benzene rings is 2.